The Bertz CT molecular complexity index is 841. The second kappa shape index (κ2) is 6.53. The monoisotopic (exact) mass is 366 g/mol. The molecule has 0 aliphatic carbocycles. The average molecular weight is 365 g/mol. The maximum atomic E-state index is 14.6. The van der Waals surface area contributed by atoms with Crippen LogP contribution in [0.25, 0.3) is 11.3 Å². The van der Waals surface area contributed by atoms with Gasteiger partial charge in [-0.1, -0.05) is 0 Å². The van der Waals surface area contributed by atoms with Gasteiger partial charge < -0.3 is 0 Å². The van der Waals surface area contributed by atoms with Crippen LogP contribution in [0.5, 0.6) is 0 Å². The predicted octanol–water partition coefficient (Wildman–Crippen LogP) is 4.94. The molecule has 0 atom stereocenters. The van der Waals surface area contributed by atoms with Crippen molar-refractivity contribution in [2.45, 2.75) is 44.3 Å². The predicted molar refractivity (Wildman–Crippen MR) is 95.9 cm³/mol. The molecule has 0 spiro atoms. The molecule has 0 saturated heterocycles. The first-order chi connectivity index (χ1) is 12.2. The number of nitrogens with zero attached hydrogens (tertiary/aromatic N) is 1. The Morgan fingerprint density at radius 2 is 2.00 bits per heavy atom. The Balaban J connectivity index is 2.67. The van der Waals surface area contributed by atoms with Crippen LogP contribution in [0.15, 0.2) is 30.5 Å². The van der Waals surface area contributed by atoms with Crippen molar-refractivity contribution in [2.75, 3.05) is 0 Å². The van der Waals surface area contributed by atoms with Crippen LogP contribution in [0.4, 0.5) is 4.39 Å². The fraction of sp³-hybridized carbons (Fsp3) is 0.421. The summed E-state index contributed by atoms with van der Waals surface area (Å²) in [7, 11) is 0. The summed E-state index contributed by atoms with van der Waals surface area (Å²) >= 11 is -2.42. The first kappa shape index (κ1) is 11.4. The van der Waals surface area contributed by atoms with Gasteiger partial charge in [0.05, 0.1) is 0 Å². The van der Waals surface area contributed by atoms with Gasteiger partial charge in [-0.05, 0) is 0 Å². The molecule has 0 aliphatic rings. The van der Waals surface area contributed by atoms with Gasteiger partial charge in [0.2, 0.25) is 0 Å². The third kappa shape index (κ3) is 3.98. The number of aromatic nitrogens is 1. The zero-order valence-corrected chi connectivity index (χ0v) is 15.9. The van der Waals surface area contributed by atoms with Gasteiger partial charge in [0.1, 0.15) is 0 Å². The van der Waals surface area contributed by atoms with E-state index in [1.807, 2.05) is 13.8 Å². The van der Waals surface area contributed by atoms with E-state index in [2.05, 4.69) is 22.3 Å². The standard InChI is InChI=1S/C19H26FGeN/c1-13(2)9-15-11-19(22-12-18(15)21(4,5)6)16-8-7-14(3)10-17(16)20/h7-8,10-13H,9H2,1-6H3/i3D3,9D2. The van der Waals surface area contributed by atoms with Crippen molar-refractivity contribution in [1.29, 1.82) is 0 Å². The van der Waals surface area contributed by atoms with Gasteiger partial charge in [-0.25, -0.2) is 0 Å². The molecule has 1 heterocycles. The summed E-state index contributed by atoms with van der Waals surface area (Å²) in [6.45, 7) is 1.27. The average Bonchev–Trinajstić information content (AvgIpc) is 2.52. The van der Waals surface area contributed by atoms with Gasteiger partial charge >= 0.3 is 143 Å². The maximum absolute atomic E-state index is 14.6. The van der Waals surface area contributed by atoms with Crippen molar-refractivity contribution in [3.8, 4) is 11.3 Å². The molecule has 2 aromatic rings. The molecule has 1 aromatic carbocycles. The quantitative estimate of drug-likeness (QED) is 0.700. The Morgan fingerprint density at radius 1 is 1.27 bits per heavy atom. The SMILES string of the molecule is [2H]C([2H])([2H])c1ccc(-c2cc(C([2H])([2H])C(C)C)[c]([Ge]([CH3])([CH3])[CH3])cn2)c(F)c1. The Hall–Kier alpha value is -1.16. The molecule has 0 N–H and O–H groups in total. The van der Waals surface area contributed by atoms with E-state index in [1.54, 1.807) is 12.3 Å². The van der Waals surface area contributed by atoms with E-state index in [-0.39, 0.29) is 17.0 Å². The molecular weight excluding hydrogens is 334 g/mol. The fourth-order valence-electron chi connectivity index (χ4n) is 2.35. The molecule has 0 radical (unpaired) electrons. The summed E-state index contributed by atoms with van der Waals surface area (Å²) in [5, 5.41) is 0. The Labute approximate surface area is 143 Å². The normalized spacial score (nSPS) is 16.6. The van der Waals surface area contributed by atoms with E-state index >= 15 is 0 Å². The number of benzene rings is 1. The number of aryl methyl sites for hydroxylation is 1. The molecular formula is C19H26FGeN. The number of hydrogen-bond donors (Lipinski definition) is 0. The van der Waals surface area contributed by atoms with Crippen LogP contribution in [-0.4, -0.2) is 18.3 Å². The summed E-state index contributed by atoms with van der Waals surface area (Å²) < 4.78 is 55.0. The first-order valence-electron chi connectivity index (χ1n) is 9.97. The van der Waals surface area contributed by atoms with Crippen LogP contribution in [0, 0.1) is 18.6 Å². The van der Waals surface area contributed by atoms with Crippen molar-refractivity contribution in [2.24, 2.45) is 5.92 Å². The molecule has 2 rings (SSSR count). The molecule has 0 saturated carbocycles. The van der Waals surface area contributed by atoms with Gasteiger partial charge in [-0.3, -0.25) is 0 Å². The Kier molecular flexibility index (Phi) is 3.38. The molecule has 1 nitrogen and oxygen atoms in total. The van der Waals surface area contributed by atoms with E-state index < -0.39 is 32.3 Å². The van der Waals surface area contributed by atoms with E-state index in [1.165, 1.54) is 12.1 Å². The second-order valence-corrected chi connectivity index (χ2v) is 17.4. The molecule has 1 aromatic heterocycles. The van der Waals surface area contributed by atoms with Crippen LogP contribution in [0.3, 0.4) is 0 Å². The van der Waals surface area contributed by atoms with Crippen molar-refractivity contribution >= 4 is 17.7 Å². The second-order valence-electron chi connectivity index (χ2n) is 6.86. The van der Waals surface area contributed by atoms with Gasteiger partial charge in [0.15, 0.2) is 0 Å². The molecule has 22 heavy (non-hydrogen) atoms. The number of hydrogen-bond acceptors (Lipinski definition) is 1. The first-order valence-corrected chi connectivity index (χ1v) is 14.8. The van der Waals surface area contributed by atoms with E-state index in [0.717, 1.165) is 10.5 Å². The summed E-state index contributed by atoms with van der Waals surface area (Å²) in [4.78, 5) is 4.40. The molecule has 0 bridgehead atoms. The van der Waals surface area contributed by atoms with Crippen LogP contribution >= 0.6 is 0 Å². The zero-order chi connectivity index (χ0) is 20.8. The summed E-state index contributed by atoms with van der Waals surface area (Å²) in [5.41, 5.74) is 0.994. The summed E-state index contributed by atoms with van der Waals surface area (Å²) in [6.07, 6.45) is 0.114. The number of rotatable bonds is 4. The zero-order valence-electron chi connectivity index (χ0n) is 18.8. The van der Waals surface area contributed by atoms with E-state index in [4.69, 9.17) is 6.85 Å². The molecule has 0 fully saturated rings. The van der Waals surface area contributed by atoms with Crippen molar-refractivity contribution in [3.63, 3.8) is 0 Å². The van der Waals surface area contributed by atoms with E-state index in [9.17, 15) is 4.39 Å². The van der Waals surface area contributed by atoms with Gasteiger partial charge in [0, 0.05) is 0 Å². The molecule has 118 valence electrons. The van der Waals surface area contributed by atoms with Gasteiger partial charge in [0.25, 0.3) is 0 Å². The third-order valence-electron chi connectivity index (χ3n) is 3.40. The number of halogens is 1. The molecule has 0 amide bonds. The van der Waals surface area contributed by atoms with Crippen LogP contribution in [0.2, 0.25) is 17.3 Å². The Morgan fingerprint density at radius 3 is 2.55 bits per heavy atom. The molecule has 0 unspecified atom stereocenters. The summed E-state index contributed by atoms with van der Waals surface area (Å²) in [6, 6.07) is 5.43. The summed E-state index contributed by atoms with van der Waals surface area (Å²) in [5.74, 6) is 5.59. The minimum atomic E-state index is -2.42. The van der Waals surface area contributed by atoms with Crippen molar-refractivity contribution < 1.29 is 11.2 Å². The van der Waals surface area contributed by atoms with Crippen LogP contribution in [-0.2, 0) is 6.37 Å². The third-order valence-corrected chi connectivity index (χ3v) is 7.63. The fourth-order valence-corrected chi connectivity index (χ4v) is 5.30. The van der Waals surface area contributed by atoms with Gasteiger partial charge in [-0.15, -0.1) is 0 Å². The molecule has 0 aliphatic heterocycles. The van der Waals surface area contributed by atoms with Crippen LogP contribution in [0.1, 0.15) is 31.8 Å². The van der Waals surface area contributed by atoms with Gasteiger partial charge in [-0.2, -0.15) is 0 Å². The topological polar surface area (TPSA) is 12.9 Å². The van der Waals surface area contributed by atoms with Crippen LogP contribution < -0.4 is 4.40 Å². The van der Waals surface area contributed by atoms with Crippen molar-refractivity contribution in [1.82, 2.24) is 4.98 Å². The van der Waals surface area contributed by atoms with E-state index in [0.29, 0.717) is 11.3 Å². The van der Waals surface area contributed by atoms with Crippen molar-refractivity contribution in [3.05, 3.63) is 47.4 Å². The minimum absolute atomic E-state index is 0.0669. The molecule has 3 heteroatoms. The number of pyridine rings is 1.